The SMILES string of the molecule is NC(=O)c1ccc(N2CCCCC2)c(NC(=O)c2csc(-c3ccco3)n2)c1. The number of benzene rings is 1. The summed E-state index contributed by atoms with van der Waals surface area (Å²) >= 11 is 1.34. The van der Waals surface area contributed by atoms with Crippen molar-refractivity contribution in [1.29, 1.82) is 0 Å². The molecule has 0 unspecified atom stereocenters. The van der Waals surface area contributed by atoms with Crippen LogP contribution in [0.25, 0.3) is 10.8 Å². The highest BCUT2D eigenvalue weighted by atomic mass is 32.1. The minimum Gasteiger partial charge on any atom is -0.462 e. The summed E-state index contributed by atoms with van der Waals surface area (Å²) in [5.74, 6) is -0.253. The highest BCUT2D eigenvalue weighted by Crippen LogP contribution is 2.31. The summed E-state index contributed by atoms with van der Waals surface area (Å²) < 4.78 is 5.33. The first-order chi connectivity index (χ1) is 13.6. The summed E-state index contributed by atoms with van der Waals surface area (Å²) in [5.41, 5.74) is 7.53. The van der Waals surface area contributed by atoms with Crippen LogP contribution in [0.15, 0.2) is 46.4 Å². The van der Waals surface area contributed by atoms with E-state index in [-0.39, 0.29) is 5.91 Å². The molecular formula is C20H20N4O3S. The molecule has 0 spiro atoms. The number of hydrogen-bond acceptors (Lipinski definition) is 6. The van der Waals surface area contributed by atoms with Crippen LogP contribution >= 0.6 is 11.3 Å². The monoisotopic (exact) mass is 396 g/mol. The van der Waals surface area contributed by atoms with Gasteiger partial charge < -0.3 is 20.4 Å². The summed E-state index contributed by atoms with van der Waals surface area (Å²) in [5, 5.41) is 5.23. The minimum absolute atomic E-state index is 0.297. The van der Waals surface area contributed by atoms with Crippen LogP contribution in [0.2, 0.25) is 0 Å². The number of nitrogens with zero attached hydrogens (tertiary/aromatic N) is 2. The maximum absolute atomic E-state index is 12.8. The Bertz CT molecular complexity index is 991. The fraction of sp³-hybridized carbons (Fsp3) is 0.250. The summed E-state index contributed by atoms with van der Waals surface area (Å²) in [4.78, 5) is 31.0. The van der Waals surface area contributed by atoms with Gasteiger partial charge in [0, 0.05) is 24.0 Å². The average molecular weight is 396 g/mol. The Morgan fingerprint density at radius 1 is 1.18 bits per heavy atom. The van der Waals surface area contributed by atoms with Gasteiger partial charge in [-0.15, -0.1) is 11.3 Å². The van der Waals surface area contributed by atoms with Crippen LogP contribution in [0.1, 0.15) is 40.1 Å². The highest BCUT2D eigenvalue weighted by molar-refractivity contribution is 7.13. The van der Waals surface area contributed by atoms with Gasteiger partial charge in [0.1, 0.15) is 5.69 Å². The Morgan fingerprint density at radius 2 is 2.00 bits per heavy atom. The Morgan fingerprint density at radius 3 is 2.71 bits per heavy atom. The first-order valence-corrected chi connectivity index (χ1v) is 9.99. The van der Waals surface area contributed by atoms with Crippen LogP contribution in [0.4, 0.5) is 11.4 Å². The third kappa shape index (κ3) is 3.77. The molecule has 2 aromatic heterocycles. The molecule has 144 valence electrons. The van der Waals surface area contributed by atoms with Crippen molar-refractivity contribution in [2.75, 3.05) is 23.3 Å². The third-order valence-corrected chi connectivity index (χ3v) is 5.55. The van der Waals surface area contributed by atoms with Gasteiger partial charge in [-0.25, -0.2) is 4.98 Å². The molecular weight excluding hydrogens is 376 g/mol. The van der Waals surface area contributed by atoms with E-state index in [1.165, 1.54) is 17.8 Å². The van der Waals surface area contributed by atoms with Gasteiger partial charge in [0.25, 0.3) is 5.91 Å². The zero-order chi connectivity index (χ0) is 19.5. The number of thiazole rings is 1. The Kier molecular flexibility index (Phi) is 5.12. The van der Waals surface area contributed by atoms with Crippen LogP contribution in [0, 0.1) is 0 Å². The van der Waals surface area contributed by atoms with Gasteiger partial charge in [-0.3, -0.25) is 9.59 Å². The summed E-state index contributed by atoms with van der Waals surface area (Å²) in [7, 11) is 0. The number of primary amides is 1. The lowest BCUT2D eigenvalue weighted by Crippen LogP contribution is -2.30. The number of carbonyl (C=O) groups excluding carboxylic acids is 2. The molecule has 0 bridgehead atoms. The predicted molar refractivity (Wildman–Crippen MR) is 109 cm³/mol. The number of rotatable bonds is 5. The Hall–Kier alpha value is -3.13. The largest absolute Gasteiger partial charge is 0.462 e. The van der Waals surface area contributed by atoms with Gasteiger partial charge in [-0.05, 0) is 49.6 Å². The van der Waals surface area contributed by atoms with E-state index in [0.717, 1.165) is 31.6 Å². The van der Waals surface area contributed by atoms with Crippen LogP contribution in [0.3, 0.4) is 0 Å². The quantitative estimate of drug-likeness (QED) is 0.684. The van der Waals surface area contributed by atoms with Crippen molar-refractivity contribution < 1.29 is 14.0 Å². The van der Waals surface area contributed by atoms with Crippen molar-refractivity contribution in [3.63, 3.8) is 0 Å². The third-order valence-electron chi connectivity index (χ3n) is 4.69. The second kappa shape index (κ2) is 7.85. The molecule has 1 saturated heterocycles. The number of amides is 2. The van der Waals surface area contributed by atoms with Crippen molar-refractivity contribution in [1.82, 2.24) is 4.98 Å². The molecule has 1 aromatic carbocycles. The van der Waals surface area contributed by atoms with Crippen LogP contribution in [-0.2, 0) is 0 Å². The number of piperidine rings is 1. The molecule has 1 aliphatic heterocycles. The van der Waals surface area contributed by atoms with Gasteiger partial charge >= 0.3 is 0 Å². The van der Waals surface area contributed by atoms with E-state index in [1.54, 1.807) is 35.9 Å². The highest BCUT2D eigenvalue weighted by Gasteiger charge is 2.19. The number of carbonyl (C=O) groups is 2. The van der Waals surface area contributed by atoms with Gasteiger partial charge in [0.2, 0.25) is 5.91 Å². The van der Waals surface area contributed by atoms with Crippen molar-refractivity contribution in [2.45, 2.75) is 19.3 Å². The molecule has 0 saturated carbocycles. The molecule has 1 fully saturated rings. The van der Waals surface area contributed by atoms with Gasteiger partial charge in [-0.1, -0.05) is 0 Å². The van der Waals surface area contributed by atoms with Crippen molar-refractivity contribution in [3.05, 3.63) is 53.2 Å². The van der Waals surface area contributed by atoms with E-state index in [1.807, 2.05) is 6.07 Å². The lowest BCUT2D eigenvalue weighted by atomic mass is 10.1. The minimum atomic E-state index is -0.533. The van der Waals surface area contributed by atoms with Crippen molar-refractivity contribution in [3.8, 4) is 10.8 Å². The number of furan rings is 1. The molecule has 7 nitrogen and oxygen atoms in total. The van der Waals surface area contributed by atoms with E-state index in [0.29, 0.717) is 27.7 Å². The van der Waals surface area contributed by atoms with Crippen molar-refractivity contribution >= 4 is 34.5 Å². The number of anilines is 2. The molecule has 0 aliphatic carbocycles. The molecule has 28 heavy (non-hydrogen) atoms. The average Bonchev–Trinajstić information content (AvgIpc) is 3.40. The molecule has 1 aliphatic rings. The zero-order valence-electron chi connectivity index (χ0n) is 15.2. The van der Waals surface area contributed by atoms with Gasteiger partial charge in [0.05, 0.1) is 17.6 Å². The number of aromatic nitrogens is 1. The predicted octanol–water partition coefficient (Wildman–Crippen LogP) is 3.74. The smallest absolute Gasteiger partial charge is 0.275 e. The number of nitrogens with two attached hydrogens (primary N) is 1. The molecule has 3 heterocycles. The van der Waals surface area contributed by atoms with E-state index in [2.05, 4.69) is 15.2 Å². The van der Waals surface area contributed by atoms with Crippen molar-refractivity contribution in [2.24, 2.45) is 5.73 Å². The van der Waals surface area contributed by atoms with E-state index >= 15 is 0 Å². The summed E-state index contributed by atoms with van der Waals surface area (Å²) in [6, 6.07) is 8.74. The maximum atomic E-state index is 12.8. The molecule has 2 amide bonds. The zero-order valence-corrected chi connectivity index (χ0v) is 16.0. The first-order valence-electron chi connectivity index (χ1n) is 9.11. The lowest BCUT2D eigenvalue weighted by molar-refractivity contribution is 0.0995. The van der Waals surface area contributed by atoms with E-state index < -0.39 is 5.91 Å². The molecule has 0 radical (unpaired) electrons. The first kappa shape index (κ1) is 18.2. The Balaban J connectivity index is 1.61. The number of hydrogen-bond donors (Lipinski definition) is 2. The standard InChI is InChI=1S/C20H20N4O3S/c21-18(25)13-6-7-16(24-8-2-1-3-9-24)14(11-13)22-19(26)15-12-28-20(23-15)17-5-4-10-27-17/h4-7,10-12H,1-3,8-9H2,(H2,21,25)(H,22,26). The molecule has 3 N–H and O–H groups in total. The Labute approximate surface area is 166 Å². The lowest BCUT2D eigenvalue weighted by Gasteiger charge is -2.30. The van der Waals surface area contributed by atoms with Gasteiger partial charge in [0.15, 0.2) is 10.8 Å². The van der Waals surface area contributed by atoms with E-state index in [9.17, 15) is 9.59 Å². The molecule has 0 atom stereocenters. The second-order valence-electron chi connectivity index (χ2n) is 6.61. The molecule has 4 rings (SSSR count). The van der Waals surface area contributed by atoms with Gasteiger partial charge in [-0.2, -0.15) is 0 Å². The normalized spacial score (nSPS) is 14.1. The fourth-order valence-electron chi connectivity index (χ4n) is 3.28. The number of nitrogens with one attached hydrogen (secondary N) is 1. The fourth-order valence-corrected chi connectivity index (χ4v) is 4.04. The second-order valence-corrected chi connectivity index (χ2v) is 7.47. The summed E-state index contributed by atoms with van der Waals surface area (Å²) in [6.45, 7) is 1.83. The molecule has 3 aromatic rings. The summed E-state index contributed by atoms with van der Waals surface area (Å²) in [6.07, 6.45) is 4.97. The van der Waals surface area contributed by atoms with Crippen LogP contribution in [0.5, 0.6) is 0 Å². The molecule has 8 heteroatoms. The van der Waals surface area contributed by atoms with E-state index in [4.69, 9.17) is 10.2 Å². The maximum Gasteiger partial charge on any atom is 0.275 e. The van der Waals surface area contributed by atoms with Crippen LogP contribution in [-0.4, -0.2) is 29.9 Å². The topological polar surface area (TPSA) is 101 Å². The van der Waals surface area contributed by atoms with Crippen LogP contribution < -0.4 is 16.0 Å².